The molecule has 2 amide bonds. The Bertz CT molecular complexity index is 524. The lowest BCUT2D eigenvalue weighted by atomic mass is 9.84. The second-order valence-electron chi connectivity index (χ2n) is 8.72. The largest absolute Gasteiger partial charge is 0.381 e. The number of hydrogen-bond acceptors (Lipinski definition) is 4. The first kappa shape index (κ1) is 22.7. The zero-order valence-corrected chi connectivity index (χ0v) is 17.5. The van der Waals surface area contributed by atoms with Gasteiger partial charge in [-0.1, -0.05) is 46.0 Å². The van der Waals surface area contributed by atoms with Crippen molar-refractivity contribution in [1.29, 1.82) is 0 Å². The molecule has 160 valence electrons. The van der Waals surface area contributed by atoms with E-state index >= 15 is 0 Å². The molecule has 7 nitrogen and oxygen atoms in total. The molecule has 1 saturated heterocycles. The molecule has 0 aromatic carbocycles. The number of carbonyl (C=O) groups is 2. The van der Waals surface area contributed by atoms with Gasteiger partial charge in [0.05, 0.1) is 0 Å². The average Bonchev–Trinajstić information content (AvgIpc) is 2.67. The molecule has 7 heteroatoms. The Hall–Kier alpha value is -1.63. The number of nitrogens with one attached hydrogen (secondary N) is 2. The van der Waals surface area contributed by atoms with Crippen LogP contribution >= 0.6 is 0 Å². The zero-order chi connectivity index (χ0) is 20.4. The minimum Gasteiger partial charge on any atom is -0.381 e. The van der Waals surface area contributed by atoms with Gasteiger partial charge in [-0.3, -0.25) is 14.9 Å². The van der Waals surface area contributed by atoms with Crippen LogP contribution in [-0.2, 0) is 14.3 Å². The van der Waals surface area contributed by atoms with Crippen molar-refractivity contribution in [2.75, 3.05) is 19.8 Å². The van der Waals surface area contributed by atoms with Gasteiger partial charge in [-0.25, -0.2) is 4.99 Å². The summed E-state index contributed by atoms with van der Waals surface area (Å²) in [6, 6.07) is -0.537. The highest BCUT2D eigenvalue weighted by atomic mass is 16.5. The molecule has 28 heavy (non-hydrogen) atoms. The lowest BCUT2D eigenvalue weighted by molar-refractivity contribution is -0.123. The minimum absolute atomic E-state index is 0.0533. The molecule has 0 unspecified atom stereocenters. The van der Waals surface area contributed by atoms with Gasteiger partial charge in [-0.2, -0.15) is 0 Å². The summed E-state index contributed by atoms with van der Waals surface area (Å²) in [4.78, 5) is 29.3. The lowest BCUT2D eigenvalue weighted by Gasteiger charge is -2.25. The predicted octanol–water partition coefficient (Wildman–Crippen LogP) is 2.35. The monoisotopic (exact) mass is 394 g/mol. The molecule has 1 aliphatic heterocycles. The summed E-state index contributed by atoms with van der Waals surface area (Å²) in [5.41, 5.74) is 5.99. The summed E-state index contributed by atoms with van der Waals surface area (Å²) in [5, 5.41) is 5.65. The quantitative estimate of drug-likeness (QED) is 0.434. The Morgan fingerprint density at radius 1 is 1.07 bits per heavy atom. The molecule has 2 aliphatic rings. The van der Waals surface area contributed by atoms with Crippen LogP contribution in [0.1, 0.15) is 71.6 Å². The molecule has 4 N–H and O–H groups in total. The molecule has 0 spiro atoms. The Kier molecular flexibility index (Phi) is 9.75. The third-order valence-electron chi connectivity index (χ3n) is 5.65. The van der Waals surface area contributed by atoms with Crippen molar-refractivity contribution in [2.45, 2.75) is 77.7 Å². The summed E-state index contributed by atoms with van der Waals surface area (Å²) < 4.78 is 5.33. The van der Waals surface area contributed by atoms with Gasteiger partial charge in [-0.05, 0) is 37.0 Å². The number of nitrogens with two attached hydrogens (primary N) is 1. The number of nitrogens with zero attached hydrogens (tertiary/aromatic N) is 1. The van der Waals surface area contributed by atoms with Crippen LogP contribution in [0, 0.1) is 17.8 Å². The fourth-order valence-corrected chi connectivity index (χ4v) is 3.99. The molecule has 0 aromatic heterocycles. The normalized spacial score (nSPS) is 20.8. The first-order valence-corrected chi connectivity index (χ1v) is 10.9. The highest BCUT2D eigenvalue weighted by molar-refractivity contribution is 5.97. The summed E-state index contributed by atoms with van der Waals surface area (Å²) >= 11 is 0. The van der Waals surface area contributed by atoms with Gasteiger partial charge in [0.15, 0.2) is 5.96 Å². The van der Waals surface area contributed by atoms with Crippen LogP contribution in [0.25, 0.3) is 0 Å². The van der Waals surface area contributed by atoms with Gasteiger partial charge in [0, 0.05) is 26.2 Å². The second-order valence-corrected chi connectivity index (χ2v) is 8.72. The van der Waals surface area contributed by atoms with Crippen LogP contribution in [0.2, 0.25) is 0 Å². The summed E-state index contributed by atoms with van der Waals surface area (Å²) in [7, 11) is 0. The third-order valence-corrected chi connectivity index (χ3v) is 5.65. The van der Waals surface area contributed by atoms with Crippen LogP contribution in [0.3, 0.4) is 0 Å². The first-order valence-electron chi connectivity index (χ1n) is 10.9. The molecule has 0 radical (unpaired) electrons. The molecule has 1 atom stereocenters. The first-order chi connectivity index (χ1) is 13.4. The number of ether oxygens (including phenoxy) is 1. The molecule has 0 bridgehead atoms. The second kappa shape index (κ2) is 12.0. The summed E-state index contributed by atoms with van der Waals surface area (Å²) in [6.07, 6.45) is 8.89. The molecular weight excluding hydrogens is 356 g/mol. The van der Waals surface area contributed by atoms with Gasteiger partial charge in [-0.15, -0.1) is 0 Å². The van der Waals surface area contributed by atoms with Crippen molar-refractivity contribution >= 4 is 17.8 Å². The van der Waals surface area contributed by atoms with Gasteiger partial charge < -0.3 is 15.8 Å². The van der Waals surface area contributed by atoms with E-state index in [-0.39, 0.29) is 17.8 Å². The van der Waals surface area contributed by atoms with E-state index in [0.717, 1.165) is 25.7 Å². The molecule has 2 rings (SSSR count). The lowest BCUT2D eigenvalue weighted by Crippen LogP contribution is -2.42. The number of rotatable bonds is 8. The SMILES string of the molecule is CC(C)CNC(=O)[C@@H](CC1CCCCC1)N=C(N)NC(=O)CC1CCOCC1. The Labute approximate surface area is 169 Å². The van der Waals surface area contributed by atoms with E-state index in [9.17, 15) is 9.59 Å². The van der Waals surface area contributed by atoms with Crippen molar-refractivity contribution in [2.24, 2.45) is 28.5 Å². The molecule has 1 saturated carbocycles. The molecule has 0 aromatic rings. The van der Waals surface area contributed by atoms with Gasteiger partial charge >= 0.3 is 0 Å². The Morgan fingerprint density at radius 2 is 1.75 bits per heavy atom. The number of amides is 2. The van der Waals surface area contributed by atoms with Crippen molar-refractivity contribution in [3.8, 4) is 0 Å². The maximum atomic E-state index is 12.7. The summed E-state index contributed by atoms with van der Waals surface area (Å²) in [6.45, 7) is 6.16. The van der Waals surface area contributed by atoms with E-state index in [4.69, 9.17) is 10.5 Å². The number of carbonyl (C=O) groups excluding carboxylic acids is 2. The van der Waals surface area contributed by atoms with Crippen LogP contribution in [-0.4, -0.2) is 43.6 Å². The van der Waals surface area contributed by atoms with Crippen molar-refractivity contribution in [3.63, 3.8) is 0 Å². The molecule has 2 fully saturated rings. The van der Waals surface area contributed by atoms with E-state index in [1.807, 2.05) is 0 Å². The highest BCUT2D eigenvalue weighted by Gasteiger charge is 2.25. The Balaban J connectivity index is 1.92. The van der Waals surface area contributed by atoms with Gasteiger partial charge in [0.1, 0.15) is 6.04 Å². The Morgan fingerprint density at radius 3 is 2.39 bits per heavy atom. The maximum absolute atomic E-state index is 12.7. The van der Waals surface area contributed by atoms with E-state index in [1.54, 1.807) is 0 Å². The average molecular weight is 395 g/mol. The van der Waals surface area contributed by atoms with Crippen LogP contribution < -0.4 is 16.4 Å². The maximum Gasteiger partial charge on any atom is 0.244 e. The van der Waals surface area contributed by atoms with Gasteiger partial charge in [0.2, 0.25) is 11.8 Å². The fraction of sp³-hybridized carbons (Fsp3) is 0.857. The fourth-order valence-electron chi connectivity index (χ4n) is 3.99. The third kappa shape index (κ3) is 8.59. The predicted molar refractivity (Wildman–Crippen MR) is 111 cm³/mol. The number of aliphatic imine (C=N–C) groups is 1. The molecule has 1 heterocycles. The van der Waals surface area contributed by atoms with Crippen LogP contribution in [0.5, 0.6) is 0 Å². The van der Waals surface area contributed by atoms with Crippen LogP contribution in [0.15, 0.2) is 4.99 Å². The number of guanidine groups is 1. The minimum atomic E-state index is -0.537. The van der Waals surface area contributed by atoms with E-state index in [2.05, 4.69) is 29.5 Å². The standard InChI is InChI=1S/C21H38N4O3/c1-15(2)14-23-20(27)18(12-16-6-4-3-5-7-16)24-21(22)25-19(26)13-17-8-10-28-11-9-17/h15-18H,3-14H2,1-2H3,(H,23,27)(H3,22,24,25,26)/t18-/m1/s1. The number of hydrogen-bond donors (Lipinski definition) is 3. The highest BCUT2D eigenvalue weighted by Crippen LogP contribution is 2.28. The smallest absolute Gasteiger partial charge is 0.244 e. The van der Waals surface area contributed by atoms with Crippen molar-refractivity contribution in [3.05, 3.63) is 0 Å². The zero-order valence-electron chi connectivity index (χ0n) is 17.5. The van der Waals surface area contributed by atoms with E-state index in [1.165, 1.54) is 19.3 Å². The van der Waals surface area contributed by atoms with E-state index < -0.39 is 6.04 Å². The summed E-state index contributed by atoms with van der Waals surface area (Å²) in [5.74, 6) is 1.03. The van der Waals surface area contributed by atoms with E-state index in [0.29, 0.717) is 50.4 Å². The van der Waals surface area contributed by atoms with Crippen molar-refractivity contribution in [1.82, 2.24) is 10.6 Å². The van der Waals surface area contributed by atoms with Crippen molar-refractivity contribution < 1.29 is 14.3 Å². The molecule has 1 aliphatic carbocycles. The topological polar surface area (TPSA) is 106 Å². The van der Waals surface area contributed by atoms with Gasteiger partial charge in [0.25, 0.3) is 0 Å². The molecular formula is C21H38N4O3. The van der Waals surface area contributed by atoms with Crippen LogP contribution in [0.4, 0.5) is 0 Å².